The van der Waals surface area contributed by atoms with Crippen molar-refractivity contribution in [2.75, 3.05) is 5.32 Å². The predicted molar refractivity (Wildman–Crippen MR) is 76.8 cm³/mol. The van der Waals surface area contributed by atoms with Gasteiger partial charge in [0.2, 0.25) is 0 Å². The first-order chi connectivity index (χ1) is 8.83. The first-order valence-electron chi connectivity index (χ1n) is 5.63. The molecule has 3 rings (SSSR count). The van der Waals surface area contributed by atoms with Gasteiger partial charge in [0.05, 0.1) is 0 Å². The quantitative estimate of drug-likeness (QED) is 0.780. The standard InChI is InChI=1S/C14H11N3O.ClH/c18-14(15-11-6-2-1-3-7-11)12-10-17-9-5-4-8-13(17)16-12;/h1-10H,(H,15,18);1H. The molecule has 1 amide bonds. The van der Waals surface area contributed by atoms with Crippen LogP contribution in [0.25, 0.3) is 5.65 Å². The van der Waals surface area contributed by atoms with Gasteiger partial charge < -0.3 is 9.72 Å². The third kappa shape index (κ3) is 2.74. The van der Waals surface area contributed by atoms with Gasteiger partial charge in [0, 0.05) is 18.1 Å². The van der Waals surface area contributed by atoms with Gasteiger partial charge in [-0.1, -0.05) is 24.3 Å². The maximum Gasteiger partial charge on any atom is 0.275 e. The van der Waals surface area contributed by atoms with E-state index in [9.17, 15) is 4.79 Å². The molecule has 96 valence electrons. The average Bonchev–Trinajstić information content (AvgIpc) is 2.84. The molecule has 0 aliphatic heterocycles. The van der Waals surface area contributed by atoms with Crippen LogP contribution in [0.15, 0.2) is 60.9 Å². The Morgan fingerprint density at radius 2 is 1.79 bits per heavy atom. The predicted octanol–water partition coefficient (Wildman–Crippen LogP) is 3.01. The minimum absolute atomic E-state index is 0. The number of hydrogen-bond acceptors (Lipinski definition) is 2. The Morgan fingerprint density at radius 1 is 1.05 bits per heavy atom. The monoisotopic (exact) mass is 273 g/mol. The lowest BCUT2D eigenvalue weighted by Crippen LogP contribution is -2.11. The summed E-state index contributed by atoms with van der Waals surface area (Å²) >= 11 is 0. The van der Waals surface area contributed by atoms with Crippen molar-refractivity contribution in [3.63, 3.8) is 0 Å². The summed E-state index contributed by atoms with van der Waals surface area (Å²) in [7, 11) is 0. The SMILES string of the molecule is Cl.O=C(Nc1ccccc1)c1cn2ccccc2n1. The smallest absolute Gasteiger partial charge is 0.275 e. The Labute approximate surface area is 116 Å². The number of anilines is 1. The molecule has 0 bridgehead atoms. The number of amides is 1. The third-order valence-corrected chi connectivity index (χ3v) is 2.63. The number of nitrogens with one attached hydrogen (secondary N) is 1. The number of carbonyl (C=O) groups is 1. The van der Waals surface area contributed by atoms with Gasteiger partial charge in [0.25, 0.3) is 5.91 Å². The zero-order valence-electron chi connectivity index (χ0n) is 9.98. The van der Waals surface area contributed by atoms with E-state index < -0.39 is 0 Å². The van der Waals surface area contributed by atoms with E-state index in [1.165, 1.54) is 0 Å². The first-order valence-corrected chi connectivity index (χ1v) is 5.63. The fourth-order valence-corrected chi connectivity index (χ4v) is 1.76. The fraction of sp³-hybridized carbons (Fsp3) is 0. The van der Waals surface area contributed by atoms with E-state index in [2.05, 4.69) is 10.3 Å². The summed E-state index contributed by atoms with van der Waals surface area (Å²) in [5.74, 6) is -0.204. The second kappa shape index (κ2) is 5.54. The highest BCUT2D eigenvalue weighted by atomic mass is 35.5. The molecule has 0 aliphatic carbocycles. The molecule has 1 N–H and O–H groups in total. The van der Waals surface area contributed by atoms with Crippen LogP contribution >= 0.6 is 12.4 Å². The molecule has 2 heterocycles. The van der Waals surface area contributed by atoms with Crippen LogP contribution in [-0.4, -0.2) is 15.3 Å². The zero-order chi connectivity index (χ0) is 12.4. The topological polar surface area (TPSA) is 46.4 Å². The van der Waals surface area contributed by atoms with E-state index in [4.69, 9.17) is 0 Å². The molecule has 0 atom stereocenters. The molecule has 0 saturated heterocycles. The summed E-state index contributed by atoms with van der Waals surface area (Å²) in [6, 6.07) is 15.0. The van der Waals surface area contributed by atoms with Crippen LogP contribution in [0, 0.1) is 0 Å². The molecule has 0 fully saturated rings. The van der Waals surface area contributed by atoms with Crippen LogP contribution in [-0.2, 0) is 0 Å². The van der Waals surface area contributed by atoms with Crippen LogP contribution in [0.1, 0.15) is 10.5 Å². The van der Waals surface area contributed by atoms with Crippen molar-refractivity contribution >= 4 is 29.6 Å². The Morgan fingerprint density at radius 3 is 2.53 bits per heavy atom. The van der Waals surface area contributed by atoms with Crippen molar-refractivity contribution < 1.29 is 4.79 Å². The fourth-order valence-electron chi connectivity index (χ4n) is 1.76. The first kappa shape index (κ1) is 13.1. The second-order valence-electron chi connectivity index (χ2n) is 3.91. The number of carbonyl (C=O) groups excluding carboxylic acids is 1. The number of aromatic nitrogens is 2. The van der Waals surface area contributed by atoms with Crippen molar-refractivity contribution in [3.8, 4) is 0 Å². The Kier molecular flexibility index (Phi) is 3.82. The Hall–Kier alpha value is -2.33. The lowest BCUT2D eigenvalue weighted by Gasteiger charge is -2.01. The summed E-state index contributed by atoms with van der Waals surface area (Å²) < 4.78 is 1.82. The molecule has 0 unspecified atom stereocenters. The molecule has 0 aliphatic rings. The van der Waals surface area contributed by atoms with Gasteiger partial charge in [-0.2, -0.15) is 0 Å². The van der Waals surface area contributed by atoms with Gasteiger partial charge in [-0.05, 0) is 24.3 Å². The Bertz CT molecular complexity index is 661. The number of para-hydroxylation sites is 1. The third-order valence-electron chi connectivity index (χ3n) is 2.63. The minimum Gasteiger partial charge on any atom is -0.321 e. The molecular formula is C14H12ClN3O. The van der Waals surface area contributed by atoms with E-state index in [1.54, 1.807) is 6.20 Å². The van der Waals surface area contributed by atoms with Crippen LogP contribution in [0.4, 0.5) is 5.69 Å². The lowest BCUT2D eigenvalue weighted by molar-refractivity contribution is 0.102. The summed E-state index contributed by atoms with van der Waals surface area (Å²) in [6.45, 7) is 0. The van der Waals surface area contributed by atoms with Gasteiger partial charge in [0.15, 0.2) is 0 Å². The lowest BCUT2D eigenvalue weighted by atomic mass is 10.3. The number of imidazole rings is 1. The molecule has 0 radical (unpaired) electrons. The molecular weight excluding hydrogens is 262 g/mol. The highest BCUT2D eigenvalue weighted by Gasteiger charge is 2.10. The summed E-state index contributed by atoms with van der Waals surface area (Å²) in [5, 5.41) is 2.80. The Balaban J connectivity index is 0.00000133. The average molecular weight is 274 g/mol. The van der Waals surface area contributed by atoms with Gasteiger partial charge in [-0.25, -0.2) is 4.98 Å². The van der Waals surface area contributed by atoms with Crippen molar-refractivity contribution in [2.45, 2.75) is 0 Å². The van der Waals surface area contributed by atoms with Crippen molar-refractivity contribution in [1.29, 1.82) is 0 Å². The van der Waals surface area contributed by atoms with Gasteiger partial charge in [-0.3, -0.25) is 4.79 Å². The van der Waals surface area contributed by atoms with E-state index in [0.29, 0.717) is 5.69 Å². The number of nitrogens with zero attached hydrogens (tertiary/aromatic N) is 2. The van der Waals surface area contributed by atoms with E-state index in [-0.39, 0.29) is 18.3 Å². The van der Waals surface area contributed by atoms with E-state index in [1.807, 2.05) is 59.1 Å². The van der Waals surface area contributed by atoms with Crippen LogP contribution in [0.2, 0.25) is 0 Å². The van der Waals surface area contributed by atoms with E-state index >= 15 is 0 Å². The van der Waals surface area contributed by atoms with Crippen molar-refractivity contribution in [1.82, 2.24) is 9.38 Å². The van der Waals surface area contributed by atoms with Gasteiger partial charge in [-0.15, -0.1) is 12.4 Å². The number of pyridine rings is 1. The summed E-state index contributed by atoms with van der Waals surface area (Å²) in [6.07, 6.45) is 3.58. The van der Waals surface area contributed by atoms with Gasteiger partial charge in [0.1, 0.15) is 11.3 Å². The van der Waals surface area contributed by atoms with Crippen molar-refractivity contribution in [2.24, 2.45) is 0 Å². The van der Waals surface area contributed by atoms with Crippen LogP contribution in [0.3, 0.4) is 0 Å². The maximum absolute atomic E-state index is 12.0. The maximum atomic E-state index is 12.0. The van der Waals surface area contributed by atoms with Gasteiger partial charge >= 0.3 is 0 Å². The molecule has 1 aromatic carbocycles. The molecule has 5 heteroatoms. The number of hydrogen-bond donors (Lipinski definition) is 1. The number of rotatable bonds is 2. The van der Waals surface area contributed by atoms with Crippen LogP contribution in [0.5, 0.6) is 0 Å². The molecule has 2 aromatic heterocycles. The summed E-state index contributed by atoms with van der Waals surface area (Å²) in [5.41, 5.74) is 1.93. The highest BCUT2D eigenvalue weighted by molar-refractivity contribution is 6.03. The molecule has 19 heavy (non-hydrogen) atoms. The summed E-state index contributed by atoms with van der Waals surface area (Å²) in [4.78, 5) is 16.3. The minimum atomic E-state index is -0.204. The number of halogens is 1. The second-order valence-corrected chi connectivity index (χ2v) is 3.91. The molecule has 3 aromatic rings. The zero-order valence-corrected chi connectivity index (χ0v) is 10.8. The highest BCUT2D eigenvalue weighted by Crippen LogP contribution is 2.09. The molecule has 4 nitrogen and oxygen atoms in total. The van der Waals surface area contributed by atoms with Crippen LogP contribution < -0.4 is 5.32 Å². The molecule has 0 spiro atoms. The largest absolute Gasteiger partial charge is 0.321 e. The number of benzene rings is 1. The van der Waals surface area contributed by atoms with Crippen molar-refractivity contribution in [3.05, 3.63) is 66.6 Å². The molecule has 0 saturated carbocycles. The van der Waals surface area contributed by atoms with E-state index in [0.717, 1.165) is 11.3 Å². The normalized spacial score (nSPS) is 9.89. The number of fused-ring (bicyclic) bond motifs is 1.